The van der Waals surface area contributed by atoms with Gasteiger partial charge in [-0.1, -0.05) is 12.1 Å². The fourth-order valence-corrected chi connectivity index (χ4v) is 3.06. The van der Waals surface area contributed by atoms with E-state index >= 15 is 0 Å². The smallest absolute Gasteiger partial charge is 0.319 e. The second-order valence-electron chi connectivity index (χ2n) is 6.95. The number of carbonyl (C=O) groups is 1. The minimum atomic E-state index is -0.160. The van der Waals surface area contributed by atoms with Crippen molar-refractivity contribution in [3.8, 4) is 0 Å². The number of aliphatic hydroxyl groups is 1. The van der Waals surface area contributed by atoms with Gasteiger partial charge in [0.05, 0.1) is 12.7 Å². The van der Waals surface area contributed by atoms with E-state index in [1.165, 1.54) is 0 Å². The van der Waals surface area contributed by atoms with Gasteiger partial charge in [-0.3, -0.25) is 0 Å². The van der Waals surface area contributed by atoms with E-state index in [9.17, 15) is 9.90 Å². The molecule has 0 aromatic heterocycles. The van der Waals surface area contributed by atoms with Crippen molar-refractivity contribution in [2.75, 3.05) is 11.9 Å². The second kappa shape index (κ2) is 9.04. The first-order valence-electron chi connectivity index (χ1n) is 8.88. The van der Waals surface area contributed by atoms with Gasteiger partial charge < -0.3 is 20.5 Å². The summed E-state index contributed by atoms with van der Waals surface area (Å²) in [7, 11) is 0. The molecule has 0 saturated heterocycles. The van der Waals surface area contributed by atoms with Gasteiger partial charge >= 0.3 is 6.03 Å². The van der Waals surface area contributed by atoms with Crippen LogP contribution in [0.4, 0.5) is 10.5 Å². The minimum Gasteiger partial charge on any atom is -0.396 e. The van der Waals surface area contributed by atoms with Crippen molar-refractivity contribution in [1.82, 2.24) is 5.32 Å². The summed E-state index contributed by atoms with van der Waals surface area (Å²) in [5.74, 6) is 0.394. The van der Waals surface area contributed by atoms with E-state index in [2.05, 4.69) is 10.6 Å². The fraction of sp³-hybridized carbons (Fsp3) is 0.632. The normalized spacial score (nSPS) is 20.9. The highest BCUT2D eigenvalue weighted by atomic mass is 16.5. The number of benzene rings is 1. The Balaban J connectivity index is 1.88. The lowest BCUT2D eigenvalue weighted by Crippen LogP contribution is -2.40. The van der Waals surface area contributed by atoms with Crippen LogP contribution in [0.3, 0.4) is 0 Å². The van der Waals surface area contributed by atoms with Crippen LogP contribution >= 0.6 is 0 Å². The molecule has 1 aliphatic rings. The molecule has 5 heteroatoms. The number of amides is 2. The summed E-state index contributed by atoms with van der Waals surface area (Å²) >= 11 is 0. The van der Waals surface area contributed by atoms with Gasteiger partial charge in [-0.05, 0) is 69.6 Å². The van der Waals surface area contributed by atoms with Crippen molar-refractivity contribution < 1.29 is 14.6 Å². The van der Waals surface area contributed by atoms with Crippen LogP contribution in [-0.4, -0.2) is 29.9 Å². The molecular weight excluding hydrogens is 304 g/mol. The van der Waals surface area contributed by atoms with E-state index in [1.54, 1.807) is 0 Å². The van der Waals surface area contributed by atoms with Gasteiger partial charge in [0.25, 0.3) is 0 Å². The van der Waals surface area contributed by atoms with E-state index in [0.29, 0.717) is 12.5 Å². The molecule has 0 unspecified atom stereocenters. The van der Waals surface area contributed by atoms with Gasteiger partial charge in [0, 0.05) is 18.3 Å². The van der Waals surface area contributed by atoms with Crippen LogP contribution in [0, 0.1) is 12.8 Å². The van der Waals surface area contributed by atoms with Gasteiger partial charge in [0.2, 0.25) is 0 Å². The summed E-state index contributed by atoms with van der Waals surface area (Å²) in [4.78, 5) is 12.3. The predicted octanol–water partition coefficient (Wildman–Crippen LogP) is 3.59. The lowest BCUT2D eigenvalue weighted by atomic mass is 9.87. The number of rotatable bonds is 6. The summed E-state index contributed by atoms with van der Waals surface area (Å²) < 4.78 is 5.66. The molecule has 0 bridgehead atoms. The average molecular weight is 334 g/mol. The Hall–Kier alpha value is -1.59. The number of carbonyl (C=O) groups excluding carboxylic acids is 1. The molecule has 134 valence electrons. The summed E-state index contributed by atoms with van der Waals surface area (Å²) in [5.41, 5.74) is 2.95. The predicted molar refractivity (Wildman–Crippen MR) is 96.1 cm³/mol. The summed E-state index contributed by atoms with van der Waals surface area (Å²) in [6, 6.07) is 5.91. The molecular formula is C19H30N2O3. The fourth-order valence-electron chi connectivity index (χ4n) is 3.06. The summed E-state index contributed by atoms with van der Waals surface area (Å²) in [6.45, 7) is 6.82. The van der Waals surface area contributed by atoms with Gasteiger partial charge in [-0.2, -0.15) is 0 Å². The highest BCUT2D eigenvalue weighted by molar-refractivity contribution is 5.90. The molecule has 1 fully saturated rings. The van der Waals surface area contributed by atoms with Gasteiger partial charge in [-0.25, -0.2) is 4.79 Å². The second-order valence-corrected chi connectivity index (χ2v) is 6.95. The Kier molecular flexibility index (Phi) is 7.06. The zero-order chi connectivity index (χ0) is 17.5. The SMILES string of the molecule is Cc1c(COC(C)C)cccc1NC(=O)NC1CCC(CO)CC1. The Labute approximate surface area is 144 Å². The largest absolute Gasteiger partial charge is 0.396 e. The number of ether oxygens (including phenoxy) is 1. The first kappa shape index (κ1) is 18.7. The zero-order valence-electron chi connectivity index (χ0n) is 15.0. The van der Waals surface area contributed by atoms with Gasteiger partial charge in [0.15, 0.2) is 0 Å². The molecule has 1 saturated carbocycles. The van der Waals surface area contributed by atoms with Crippen LogP contribution < -0.4 is 10.6 Å². The third kappa shape index (κ3) is 5.49. The van der Waals surface area contributed by atoms with Crippen LogP contribution in [0.2, 0.25) is 0 Å². The number of aliphatic hydroxyl groups excluding tert-OH is 1. The van der Waals surface area contributed by atoms with Crippen molar-refractivity contribution in [2.24, 2.45) is 5.92 Å². The molecule has 0 spiro atoms. The third-order valence-corrected chi connectivity index (χ3v) is 4.71. The molecule has 1 aliphatic carbocycles. The van der Waals surface area contributed by atoms with Crippen molar-refractivity contribution >= 4 is 11.7 Å². The average Bonchev–Trinajstić information content (AvgIpc) is 2.56. The van der Waals surface area contributed by atoms with Crippen molar-refractivity contribution in [1.29, 1.82) is 0 Å². The third-order valence-electron chi connectivity index (χ3n) is 4.71. The van der Waals surface area contributed by atoms with E-state index in [1.807, 2.05) is 39.0 Å². The standard InChI is InChI=1S/C19H30N2O3/c1-13(2)24-12-16-5-4-6-18(14(16)3)21-19(23)20-17-9-7-15(11-22)8-10-17/h4-6,13,15,17,22H,7-12H2,1-3H3,(H2,20,21,23). The van der Waals surface area contributed by atoms with Gasteiger partial charge in [-0.15, -0.1) is 0 Å². The lowest BCUT2D eigenvalue weighted by Gasteiger charge is -2.28. The molecule has 3 N–H and O–H groups in total. The maximum atomic E-state index is 12.3. The Morgan fingerprint density at radius 3 is 2.62 bits per heavy atom. The van der Waals surface area contributed by atoms with E-state index in [0.717, 1.165) is 42.5 Å². The number of hydrogen-bond donors (Lipinski definition) is 3. The van der Waals surface area contributed by atoms with Crippen LogP contribution in [0.25, 0.3) is 0 Å². The molecule has 5 nitrogen and oxygen atoms in total. The Bertz CT molecular complexity index is 537. The number of anilines is 1. The first-order valence-corrected chi connectivity index (χ1v) is 8.88. The molecule has 0 radical (unpaired) electrons. The summed E-state index contributed by atoms with van der Waals surface area (Å²) in [6.07, 6.45) is 3.99. The molecule has 1 aromatic carbocycles. The molecule has 2 rings (SSSR count). The van der Waals surface area contributed by atoms with Gasteiger partial charge in [0.1, 0.15) is 0 Å². The number of nitrogens with one attached hydrogen (secondary N) is 2. The first-order chi connectivity index (χ1) is 11.5. The quantitative estimate of drug-likeness (QED) is 0.744. The van der Waals surface area contributed by atoms with E-state index < -0.39 is 0 Å². The van der Waals surface area contributed by atoms with Crippen molar-refractivity contribution in [3.05, 3.63) is 29.3 Å². The monoisotopic (exact) mass is 334 g/mol. The van der Waals surface area contributed by atoms with Crippen LogP contribution in [0.1, 0.15) is 50.7 Å². The maximum absolute atomic E-state index is 12.3. The number of urea groups is 1. The zero-order valence-corrected chi connectivity index (χ0v) is 15.0. The van der Waals surface area contributed by atoms with Crippen molar-refractivity contribution in [2.45, 2.75) is 65.2 Å². The Morgan fingerprint density at radius 1 is 1.29 bits per heavy atom. The lowest BCUT2D eigenvalue weighted by molar-refractivity contribution is 0.0654. The maximum Gasteiger partial charge on any atom is 0.319 e. The van der Waals surface area contributed by atoms with Crippen LogP contribution in [-0.2, 0) is 11.3 Å². The molecule has 1 aromatic rings. The van der Waals surface area contributed by atoms with E-state index in [4.69, 9.17) is 4.74 Å². The molecule has 0 aliphatic heterocycles. The minimum absolute atomic E-state index is 0.160. The Morgan fingerprint density at radius 2 is 2.00 bits per heavy atom. The highest BCUT2D eigenvalue weighted by Crippen LogP contribution is 2.24. The molecule has 2 amide bonds. The topological polar surface area (TPSA) is 70.6 Å². The molecule has 24 heavy (non-hydrogen) atoms. The molecule has 0 atom stereocenters. The molecule has 0 heterocycles. The number of hydrogen-bond acceptors (Lipinski definition) is 3. The van der Waals surface area contributed by atoms with Crippen LogP contribution in [0.15, 0.2) is 18.2 Å². The summed E-state index contributed by atoms with van der Waals surface area (Å²) in [5, 5.41) is 15.2. The van der Waals surface area contributed by atoms with Crippen molar-refractivity contribution in [3.63, 3.8) is 0 Å². The van der Waals surface area contributed by atoms with E-state index in [-0.39, 0.29) is 24.8 Å². The highest BCUT2D eigenvalue weighted by Gasteiger charge is 2.22. The van der Waals surface area contributed by atoms with Crippen LogP contribution in [0.5, 0.6) is 0 Å².